The Kier molecular flexibility index (Phi) is 7.23. The average molecular weight is 525 g/mol. The molecule has 1 aliphatic heterocycles. The van der Waals surface area contributed by atoms with E-state index >= 15 is 0 Å². The highest BCUT2D eigenvalue weighted by Gasteiger charge is 2.31. The van der Waals surface area contributed by atoms with E-state index in [0.717, 1.165) is 0 Å². The third kappa shape index (κ3) is 5.44. The van der Waals surface area contributed by atoms with Gasteiger partial charge >= 0.3 is 6.09 Å². The zero-order chi connectivity index (χ0) is 26.9. The van der Waals surface area contributed by atoms with Gasteiger partial charge in [-0.2, -0.15) is 5.26 Å². The predicted molar refractivity (Wildman–Crippen MR) is 140 cm³/mol. The van der Waals surface area contributed by atoms with Crippen LogP contribution < -0.4 is 16.6 Å². The lowest BCUT2D eigenvalue weighted by Gasteiger charge is -2.35. The zero-order valence-corrected chi connectivity index (χ0v) is 21.9. The van der Waals surface area contributed by atoms with Gasteiger partial charge in [0.25, 0.3) is 5.56 Å². The van der Waals surface area contributed by atoms with Crippen LogP contribution in [0.4, 0.5) is 16.4 Å². The highest BCUT2D eigenvalue weighted by molar-refractivity contribution is 6.35. The SMILES string of the molecule is C[C@H](Nc1ncnc(N)c1C#N)c1nc2cccc(Cl)c2c(=O)n1C1CCN(C(=O)OC(C)(C)C)CC1. The van der Waals surface area contributed by atoms with Gasteiger partial charge in [-0.1, -0.05) is 17.7 Å². The number of rotatable bonds is 4. The van der Waals surface area contributed by atoms with E-state index < -0.39 is 11.6 Å². The minimum absolute atomic E-state index is 0.0531. The van der Waals surface area contributed by atoms with Crippen molar-refractivity contribution in [2.24, 2.45) is 0 Å². The number of likely N-dealkylation sites (tertiary alicyclic amines) is 1. The van der Waals surface area contributed by atoms with E-state index in [2.05, 4.69) is 15.3 Å². The number of anilines is 2. The fourth-order valence-electron chi connectivity index (χ4n) is 4.40. The number of nitrogens with zero attached hydrogens (tertiary/aromatic N) is 6. The van der Waals surface area contributed by atoms with E-state index in [9.17, 15) is 14.9 Å². The van der Waals surface area contributed by atoms with E-state index in [4.69, 9.17) is 27.1 Å². The minimum atomic E-state index is -0.592. The molecule has 4 rings (SSSR count). The number of fused-ring (bicyclic) bond motifs is 1. The van der Waals surface area contributed by atoms with E-state index in [0.29, 0.717) is 47.7 Å². The molecule has 1 fully saturated rings. The van der Waals surface area contributed by atoms with E-state index in [1.54, 1.807) is 27.7 Å². The van der Waals surface area contributed by atoms with Gasteiger partial charge in [0.2, 0.25) is 0 Å². The molecule has 37 heavy (non-hydrogen) atoms. The minimum Gasteiger partial charge on any atom is -0.444 e. The molecule has 0 saturated carbocycles. The predicted octanol–water partition coefficient (Wildman–Crippen LogP) is 4.04. The van der Waals surface area contributed by atoms with Crippen molar-refractivity contribution in [2.75, 3.05) is 24.1 Å². The second-order valence-corrected chi connectivity index (χ2v) is 10.3. The number of hydrogen-bond acceptors (Lipinski definition) is 9. The van der Waals surface area contributed by atoms with E-state index in [1.165, 1.54) is 6.33 Å². The number of hydrogen-bond donors (Lipinski definition) is 2. The van der Waals surface area contributed by atoms with Crippen molar-refractivity contribution in [2.45, 2.75) is 58.2 Å². The summed E-state index contributed by atoms with van der Waals surface area (Å²) >= 11 is 6.41. The van der Waals surface area contributed by atoms with Crippen molar-refractivity contribution in [1.29, 1.82) is 5.26 Å². The molecule has 0 unspecified atom stereocenters. The van der Waals surface area contributed by atoms with Crippen molar-refractivity contribution in [3.05, 3.63) is 51.3 Å². The van der Waals surface area contributed by atoms with Crippen LogP contribution in [0.15, 0.2) is 29.3 Å². The highest BCUT2D eigenvalue weighted by atomic mass is 35.5. The number of aromatic nitrogens is 4. The van der Waals surface area contributed by atoms with E-state index in [-0.39, 0.29) is 34.9 Å². The number of carbonyl (C=O) groups is 1. The number of benzene rings is 1. The number of halogens is 1. The molecule has 194 valence electrons. The molecule has 3 N–H and O–H groups in total. The van der Waals surface area contributed by atoms with Gasteiger partial charge in [-0.3, -0.25) is 9.36 Å². The summed E-state index contributed by atoms with van der Waals surface area (Å²) in [7, 11) is 0. The first kappa shape index (κ1) is 26.2. The van der Waals surface area contributed by atoms with Crippen molar-refractivity contribution >= 4 is 40.2 Å². The molecule has 2 aromatic heterocycles. The molecule has 1 saturated heterocycles. The quantitative estimate of drug-likeness (QED) is 0.514. The number of nitrogens with two attached hydrogens (primary N) is 1. The summed E-state index contributed by atoms with van der Waals surface area (Å²) in [5.74, 6) is 0.753. The molecule has 1 aliphatic rings. The lowest BCUT2D eigenvalue weighted by atomic mass is 10.0. The third-order valence-corrected chi connectivity index (χ3v) is 6.43. The van der Waals surface area contributed by atoms with Crippen LogP contribution in [0, 0.1) is 11.3 Å². The Morgan fingerprint density at radius 3 is 2.65 bits per heavy atom. The Bertz CT molecular complexity index is 1430. The van der Waals surface area contributed by atoms with Gasteiger partial charge in [0.05, 0.1) is 22.0 Å². The van der Waals surface area contributed by atoms with Crippen LogP contribution in [0.1, 0.15) is 64.0 Å². The van der Waals surface area contributed by atoms with Gasteiger partial charge in [0.15, 0.2) is 0 Å². The van der Waals surface area contributed by atoms with E-state index in [1.807, 2.05) is 33.8 Å². The second-order valence-electron chi connectivity index (χ2n) is 9.94. The van der Waals surface area contributed by atoms with Crippen LogP contribution >= 0.6 is 11.6 Å². The van der Waals surface area contributed by atoms with Crippen LogP contribution in [0.5, 0.6) is 0 Å². The number of nitriles is 1. The summed E-state index contributed by atoms with van der Waals surface area (Å²) in [4.78, 5) is 40.8. The molecule has 12 heteroatoms. The lowest BCUT2D eigenvalue weighted by molar-refractivity contribution is 0.0186. The Morgan fingerprint density at radius 2 is 2.00 bits per heavy atom. The fourth-order valence-corrected chi connectivity index (χ4v) is 4.65. The summed E-state index contributed by atoms with van der Waals surface area (Å²) in [6.07, 6.45) is 1.94. The maximum absolute atomic E-state index is 13.8. The summed E-state index contributed by atoms with van der Waals surface area (Å²) in [6, 6.07) is 6.38. The second kappa shape index (κ2) is 10.2. The van der Waals surface area contributed by atoms with Crippen molar-refractivity contribution < 1.29 is 9.53 Å². The Balaban J connectivity index is 1.71. The maximum Gasteiger partial charge on any atom is 0.410 e. The maximum atomic E-state index is 13.8. The van der Waals surface area contributed by atoms with Crippen LogP contribution in [-0.2, 0) is 4.74 Å². The molecule has 3 aromatic rings. The largest absolute Gasteiger partial charge is 0.444 e. The molecule has 0 radical (unpaired) electrons. The van der Waals surface area contributed by atoms with Crippen molar-refractivity contribution in [3.8, 4) is 6.07 Å². The summed E-state index contributed by atoms with van der Waals surface area (Å²) in [5.41, 5.74) is 5.56. The van der Waals surface area contributed by atoms with Crippen molar-refractivity contribution in [3.63, 3.8) is 0 Å². The van der Waals surface area contributed by atoms with Gasteiger partial charge in [-0.05, 0) is 52.7 Å². The molecule has 1 aromatic carbocycles. The highest BCUT2D eigenvalue weighted by Crippen LogP contribution is 2.30. The third-order valence-electron chi connectivity index (χ3n) is 6.12. The van der Waals surface area contributed by atoms with Crippen molar-refractivity contribution in [1.82, 2.24) is 24.4 Å². The van der Waals surface area contributed by atoms with Gasteiger partial charge < -0.3 is 20.7 Å². The van der Waals surface area contributed by atoms with Gasteiger partial charge in [-0.15, -0.1) is 0 Å². The average Bonchev–Trinajstić information content (AvgIpc) is 2.83. The molecular weight excluding hydrogens is 496 g/mol. The van der Waals surface area contributed by atoms with Gasteiger partial charge in [-0.25, -0.2) is 19.7 Å². The Labute approximate surface area is 219 Å². The zero-order valence-electron chi connectivity index (χ0n) is 21.2. The molecule has 0 spiro atoms. The number of amides is 1. The Morgan fingerprint density at radius 1 is 1.30 bits per heavy atom. The Hall–Kier alpha value is -3.91. The number of nitrogens with one attached hydrogen (secondary N) is 1. The lowest BCUT2D eigenvalue weighted by Crippen LogP contribution is -2.44. The molecule has 1 amide bonds. The number of nitrogen functional groups attached to an aromatic ring is 1. The number of carbonyl (C=O) groups excluding carboxylic acids is 1. The molecule has 3 heterocycles. The number of piperidine rings is 1. The first-order valence-corrected chi connectivity index (χ1v) is 12.3. The standard InChI is InChI=1S/C25H29ClN8O3/c1-14(31-21-16(12-27)20(28)29-13-30-21)22-32-18-7-5-6-17(26)19(18)23(35)34(22)15-8-10-33(11-9-15)24(36)37-25(2,3)4/h5-7,13-15H,8-11H2,1-4H3,(H3,28,29,30,31)/t14-/m0/s1. The normalized spacial score (nSPS) is 15.3. The molecule has 0 bridgehead atoms. The monoisotopic (exact) mass is 524 g/mol. The van der Waals surface area contributed by atoms with Gasteiger partial charge in [0.1, 0.15) is 41.0 Å². The summed E-state index contributed by atoms with van der Waals surface area (Å²) < 4.78 is 7.15. The molecule has 11 nitrogen and oxygen atoms in total. The molecule has 1 atom stereocenters. The molecule has 0 aliphatic carbocycles. The number of ether oxygens (including phenoxy) is 1. The first-order valence-electron chi connectivity index (χ1n) is 12.0. The summed E-state index contributed by atoms with van der Waals surface area (Å²) in [6.45, 7) is 8.15. The smallest absolute Gasteiger partial charge is 0.410 e. The topological polar surface area (TPSA) is 152 Å². The van der Waals surface area contributed by atoms with Crippen LogP contribution in [0.25, 0.3) is 10.9 Å². The summed E-state index contributed by atoms with van der Waals surface area (Å²) in [5, 5.41) is 13.3. The van der Waals surface area contributed by atoms with Crippen LogP contribution in [0.2, 0.25) is 5.02 Å². The molecular formula is C25H29ClN8O3. The van der Waals surface area contributed by atoms with Crippen LogP contribution in [-0.4, -0.2) is 49.2 Å². The fraction of sp³-hybridized carbons (Fsp3) is 0.440. The van der Waals surface area contributed by atoms with Gasteiger partial charge in [0, 0.05) is 19.1 Å². The first-order chi connectivity index (χ1) is 17.5. The van der Waals surface area contributed by atoms with Crippen LogP contribution in [0.3, 0.4) is 0 Å².